The van der Waals surface area contributed by atoms with Crippen LogP contribution in [0, 0.1) is 5.92 Å². The Kier molecular flexibility index (Phi) is 5.51. The molecule has 0 unspecified atom stereocenters. The number of aromatic nitrogens is 2. The molecule has 4 rings (SSSR count). The first-order chi connectivity index (χ1) is 13.3. The fourth-order valence-electron chi connectivity index (χ4n) is 3.94. The first kappa shape index (κ1) is 17.8. The van der Waals surface area contributed by atoms with E-state index < -0.39 is 0 Å². The zero-order valence-electron chi connectivity index (χ0n) is 15.7. The smallest absolute Gasteiger partial charge is 0.228 e. The molecule has 6 heteroatoms. The van der Waals surface area contributed by atoms with Crippen LogP contribution in [-0.4, -0.2) is 29.2 Å². The Hall–Kier alpha value is -2.63. The number of amides is 1. The van der Waals surface area contributed by atoms with Gasteiger partial charge in [-0.15, -0.1) is 10.2 Å². The zero-order valence-corrected chi connectivity index (χ0v) is 15.7. The van der Waals surface area contributed by atoms with Crippen molar-refractivity contribution in [2.75, 3.05) is 28.6 Å². The number of benzene rings is 1. The highest BCUT2D eigenvalue weighted by atomic mass is 16.1. The van der Waals surface area contributed by atoms with Crippen LogP contribution in [0.15, 0.2) is 36.4 Å². The van der Waals surface area contributed by atoms with E-state index in [1.165, 1.54) is 24.9 Å². The summed E-state index contributed by atoms with van der Waals surface area (Å²) in [6, 6.07) is 12.1. The van der Waals surface area contributed by atoms with Crippen LogP contribution in [0.25, 0.3) is 0 Å². The lowest BCUT2D eigenvalue weighted by atomic mass is 9.89. The minimum atomic E-state index is 0.0715. The topological polar surface area (TPSA) is 70.2 Å². The summed E-state index contributed by atoms with van der Waals surface area (Å²) in [4.78, 5) is 14.7. The van der Waals surface area contributed by atoms with E-state index in [4.69, 9.17) is 0 Å². The third-order valence-electron chi connectivity index (χ3n) is 5.50. The van der Waals surface area contributed by atoms with Gasteiger partial charge in [0.1, 0.15) is 0 Å². The Morgan fingerprint density at radius 3 is 2.19 bits per heavy atom. The van der Waals surface area contributed by atoms with Crippen LogP contribution in [0.5, 0.6) is 0 Å². The molecule has 1 aliphatic heterocycles. The van der Waals surface area contributed by atoms with E-state index in [0.717, 1.165) is 44.5 Å². The van der Waals surface area contributed by atoms with E-state index in [0.29, 0.717) is 11.6 Å². The molecule has 1 aliphatic carbocycles. The van der Waals surface area contributed by atoms with Crippen molar-refractivity contribution in [2.45, 2.75) is 44.9 Å². The molecular formula is C21H27N5O. The number of carbonyl (C=O) groups excluding carboxylic acids is 1. The third kappa shape index (κ3) is 4.56. The van der Waals surface area contributed by atoms with Gasteiger partial charge in [-0.1, -0.05) is 19.3 Å². The number of carbonyl (C=O) groups is 1. The Morgan fingerprint density at radius 1 is 0.852 bits per heavy atom. The summed E-state index contributed by atoms with van der Waals surface area (Å²) in [7, 11) is 0. The van der Waals surface area contributed by atoms with Crippen LogP contribution in [0.3, 0.4) is 0 Å². The molecule has 1 aromatic carbocycles. The molecule has 1 saturated carbocycles. The van der Waals surface area contributed by atoms with E-state index >= 15 is 0 Å². The minimum Gasteiger partial charge on any atom is -0.372 e. The SMILES string of the molecule is O=C(Nc1ccc(Nc2ccc(N3CCCC3)cc2)nn1)C1CCCCC1. The Bertz CT molecular complexity index is 747. The van der Waals surface area contributed by atoms with E-state index in [1.54, 1.807) is 6.07 Å². The van der Waals surface area contributed by atoms with Gasteiger partial charge >= 0.3 is 0 Å². The van der Waals surface area contributed by atoms with Crippen molar-refractivity contribution >= 4 is 28.9 Å². The van der Waals surface area contributed by atoms with E-state index in [2.05, 4.69) is 50.0 Å². The van der Waals surface area contributed by atoms with Crippen molar-refractivity contribution in [3.63, 3.8) is 0 Å². The highest BCUT2D eigenvalue weighted by molar-refractivity contribution is 5.91. The van der Waals surface area contributed by atoms with Crippen molar-refractivity contribution < 1.29 is 4.79 Å². The van der Waals surface area contributed by atoms with Gasteiger partial charge < -0.3 is 15.5 Å². The highest BCUT2D eigenvalue weighted by Gasteiger charge is 2.21. The van der Waals surface area contributed by atoms with E-state index in [-0.39, 0.29) is 11.8 Å². The minimum absolute atomic E-state index is 0.0715. The van der Waals surface area contributed by atoms with E-state index in [1.807, 2.05) is 6.07 Å². The van der Waals surface area contributed by atoms with Crippen molar-refractivity contribution in [1.29, 1.82) is 0 Å². The molecule has 2 fully saturated rings. The molecular weight excluding hydrogens is 338 g/mol. The number of hydrogen-bond acceptors (Lipinski definition) is 5. The van der Waals surface area contributed by atoms with Gasteiger partial charge in [-0.05, 0) is 62.1 Å². The number of hydrogen-bond donors (Lipinski definition) is 2. The average Bonchev–Trinajstić information content (AvgIpc) is 3.26. The van der Waals surface area contributed by atoms with Crippen molar-refractivity contribution in [1.82, 2.24) is 10.2 Å². The van der Waals surface area contributed by atoms with Crippen LogP contribution in [-0.2, 0) is 4.79 Å². The number of nitrogens with one attached hydrogen (secondary N) is 2. The molecule has 1 saturated heterocycles. The fourth-order valence-corrected chi connectivity index (χ4v) is 3.94. The highest BCUT2D eigenvalue weighted by Crippen LogP contribution is 2.25. The second-order valence-corrected chi connectivity index (χ2v) is 7.49. The summed E-state index contributed by atoms with van der Waals surface area (Å²) in [5.41, 5.74) is 2.25. The van der Waals surface area contributed by atoms with Crippen molar-refractivity contribution in [3.8, 4) is 0 Å². The molecule has 0 atom stereocenters. The monoisotopic (exact) mass is 365 g/mol. The van der Waals surface area contributed by atoms with Gasteiger partial charge in [0.15, 0.2) is 11.6 Å². The molecule has 6 nitrogen and oxygen atoms in total. The van der Waals surface area contributed by atoms with Crippen LogP contribution >= 0.6 is 0 Å². The maximum atomic E-state index is 12.3. The lowest BCUT2D eigenvalue weighted by molar-refractivity contribution is -0.120. The normalized spacial score (nSPS) is 17.7. The summed E-state index contributed by atoms with van der Waals surface area (Å²) in [6.07, 6.45) is 8.03. The quantitative estimate of drug-likeness (QED) is 0.825. The lowest BCUT2D eigenvalue weighted by Crippen LogP contribution is -2.25. The first-order valence-corrected chi connectivity index (χ1v) is 10.0. The molecule has 2 heterocycles. The Balaban J connectivity index is 1.32. The summed E-state index contributed by atoms with van der Waals surface area (Å²) < 4.78 is 0. The molecule has 2 aliphatic rings. The largest absolute Gasteiger partial charge is 0.372 e. The van der Waals surface area contributed by atoms with Gasteiger partial charge in [-0.25, -0.2) is 0 Å². The van der Waals surface area contributed by atoms with Crippen LogP contribution in [0.4, 0.5) is 23.0 Å². The van der Waals surface area contributed by atoms with Gasteiger partial charge in [0, 0.05) is 30.4 Å². The Morgan fingerprint density at radius 2 is 1.52 bits per heavy atom. The standard InChI is InChI=1S/C21H27N5O/c27-21(16-6-2-1-3-7-16)23-20-13-12-19(24-25-20)22-17-8-10-18(11-9-17)26-14-4-5-15-26/h8-13,16H,1-7,14-15H2,(H,22,24)(H,23,25,27). The predicted molar refractivity (Wildman–Crippen MR) is 108 cm³/mol. The molecule has 0 bridgehead atoms. The fraction of sp³-hybridized carbons (Fsp3) is 0.476. The second kappa shape index (κ2) is 8.37. The van der Waals surface area contributed by atoms with Gasteiger partial charge in [0.25, 0.3) is 0 Å². The molecule has 1 amide bonds. The van der Waals surface area contributed by atoms with Crippen LogP contribution < -0.4 is 15.5 Å². The summed E-state index contributed by atoms with van der Waals surface area (Å²) in [5.74, 6) is 1.37. The van der Waals surface area contributed by atoms with Gasteiger partial charge in [-0.3, -0.25) is 4.79 Å². The van der Waals surface area contributed by atoms with Gasteiger partial charge in [-0.2, -0.15) is 0 Å². The lowest BCUT2D eigenvalue weighted by Gasteiger charge is -2.20. The molecule has 0 spiro atoms. The maximum Gasteiger partial charge on any atom is 0.228 e. The molecule has 1 aromatic heterocycles. The number of nitrogens with zero attached hydrogens (tertiary/aromatic N) is 3. The van der Waals surface area contributed by atoms with Gasteiger partial charge in [0.05, 0.1) is 0 Å². The predicted octanol–water partition coefficient (Wildman–Crippen LogP) is 4.34. The van der Waals surface area contributed by atoms with Crippen LogP contribution in [0.1, 0.15) is 44.9 Å². The van der Waals surface area contributed by atoms with Crippen LogP contribution in [0.2, 0.25) is 0 Å². The maximum absolute atomic E-state index is 12.3. The summed E-state index contributed by atoms with van der Waals surface area (Å²) >= 11 is 0. The Labute approximate surface area is 160 Å². The summed E-state index contributed by atoms with van der Waals surface area (Å²) in [6.45, 7) is 2.29. The van der Waals surface area contributed by atoms with Crippen molar-refractivity contribution in [2.24, 2.45) is 5.92 Å². The zero-order chi connectivity index (χ0) is 18.5. The number of anilines is 4. The average molecular weight is 365 g/mol. The molecule has 2 N–H and O–H groups in total. The second-order valence-electron chi connectivity index (χ2n) is 7.49. The third-order valence-corrected chi connectivity index (χ3v) is 5.50. The number of rotatable bonds is 5. The molecule has 2 aromatic rings. The summed E-state index contributed by atoms with van der Waals surface area (Å²) in [5, 5.41) is 14.5. The van der Waals surface area contributed by atoms with E-state index in [9.17, 15) is 4.79 Å². The molecule has 142 valence electrons. The van der Waals surface area contributed by atoms with Gasteiger partial charge in [0.2, 0.25) is 5.91 Å². The first-order valence-electron chi connectivity index (χ1n) is 10.0. The molecule has 0 radical (unpaired) electrons. The molecule has 27 heavy (non-hydrogen) atoms. The van der Waals surface area contributed by atoms with Crippen molar-refractivity contribution in [3.05, 3.63) is 36.4 Å².